The van der Waals surface area contributed by atoms with Crippen LogP contribution >= 0.6 is 0 Å². The molecule has 2 rings (SSSR count). The summed E-state index contributed by atoms with van der Waals surface area (Å²) in [5.41, 5.74) is 5.98. The van der Waals surface area contributed by atoms with E-state index in [4.69, 9.17) is 5.73 Å². The number of carbonyl (C=O) groups excluding carboxylic acids is 1. The molecule has 1 amide bonds. The van der Waals surface area contributed by atoms with Crippen LogP contribution in [0.25, 0.3) is 0 Å². The molecule has 0 aromatic carbocycles. The van der Waals surface area contributed by atoms with Gasteiger partial charge in [0.15, 0.2) is 0 Å². The predicted octanol–water partition coefficient (Wildman–Crippen LogP) is 2.29. The molecule has 1 saturated carbocycles. The third kappa shape index (κ3) is 3.01. The number of carbonyl (C=O) groups is 1. The van der Waals surface area contributed by atoms with Crippen molar-refractivity contribution in [2.24, 2.45) is 11.7 Å². The molecule has 2 N–H and O–H groups in total. The van der Waals surface area contributed by atoms with E-state index in [1.807, 2.05) is 0 Å². The van der Waals surface area contributed by atoms with Crippen molar-refractivity contribution in [2.75, 3.05) is 6.54 Å². The van der Waals surface area contributed by atoms with Crippen molar-refractivity contribution in [3.8, 4) is 0 Å². The maximum Gasteiger partial charge on any atom is 0.223 e. The molecule has 0 bridgehead atoms. The van der Waals surface area contributed by atoms with E-state index in [9.17, 15) is 4.79 Å². The number of rotatable bonds is 2. The summed E-state index contributed by atoms with van der Waals surface area (Å²) in [5.74, 6) is 0.951. The normalized spacial score (nSPS) is 32.8. The van der Waals surface area contributed by atoms with Crippen LogP contribution in [0.15, 0.2) is 0 Å². The minimum absolute atomic E-state index is 0.0855. The lowest BCUT2D eigenvalue weighted by molar-refractivity contribution is -0.135. The summed E-state index contributed by atoms with van der Waals surface area (Å²) in [5, 5.41) is 0. The van der Waals surface area contributed by atoms with Gasteiger partial charge in [-0.3, -0.25) is 4.79 Å². The average Bonchev–Trinajstić information content (AvgIpc) is 2.61. The lowest BCUT2D eigenvalue weighted by Crippen LogP contribution is -2.43. The molecular weight excluding hydrogens is 212 g/mol. The fourth-order valence-electron chi connectivity index (χ4n) is 3.32. The van der Waals surface area contributed by atoms with Gasteiger partial charge in [-0.2, -0.15) is 0 Å². The van der Waals surface area contributed by atoms with Gasteiger partial charge in [0, 0.05) is 24.5 Å². The molecule has 3 heteroatoms. The first kappa shape index (κ1) is 12.9. The van der Waals surface area contributed by atoms with E-state index in [0.717, 1.165) is 51.5 Å². The highest BCUT2D eigenvalue weighted by atomic mass is 16.2. The van der Waals surface area contributed by atoms with E-state index in [2.05, 4.69) is 18.7 Å². The fraction of sp³-hybridized carbons (Fsp3) is 0.929. The SMILES string of the molecule is CC1(C)CCCN1C(=O)CC1CCC(N)CC1. The number of likely N-dealkylation sites (tertiary alicyclic amines) is 1. The fourth-order valence-corrected chi connectivity index (χ4v) is 3.32. The van der Waals surface area contributed by atoms with Crippen LogP contribution in [0.2, 0.25) is 0 Å². The highest BCUT2D eigenvalue weighted by Crippen LogP contribution is 2.32. The van der Waals surface area contributed by atoms with Crippen LogP contribution in [0.4, 0.5) is 0 Å². The molecule has 98 valence electrons. The Balaban J connectivity index is 1.85. The number of nitrogens with two attached hydrogens (primary N) is 1. The first-order chi connectivity index (χ1) is 7.99. The van der Waals surface area contributed by atoms with Crippen molar-refractivity contribution in [3.05, 3.63) is 0 Å². The Kier molecular flexibility index (Phi) is 3.76. The lowest BCUT2D eigenvalue weighted by atomic mass is 9.84. The number of nitrogens with zero attached hydrogens (tertiary/aromatic N) is 1. The average molecular weight is 238 g/mol. The third-order valence-electron chi connectivity index (χ3n) is 4.56. The Morgan fingerprint density at radius 3 is 2.47 bits per heavy atom. The van der Waals surface area contributed by atoms with Gasteiger partial charge in [0.2, 0.25) is 5.91 Å². The van der Waals surface area contributed by atoms with Gasteiger partial charge in [0.05, 0.1) is 0 Å². The summed E-state index contributed by atoms with van der Waals surface area (Å²) >= 11 is 0. The van der Waals surface area contributed by atoms with E-state index < -0.39 is 0 Å². The molecule has 1 aliphatic carbocycles. The van der Waals surface area contributed by atoms with Gasteiger partial charge in [-0.25, -0.2) is 0 Å². The highest BCUT2D eigenvalue weighted by Gasteiger charge is 2.36. The third-order valence-corrected chi connectivity index (χ3v) is 4.56. The molecule has 3 nitrogen and oxygen atoms in total. The molecule has 1 saturated heterocycles. The molecule has 0 spiro atoms. The number of hydrogen-bond acceptors (Lipinski definition) is 2. The number of amides is 1. The lowest BCUT2D eigenvalue weighted by Gasteiger charge is -2.34. The van der Waals surface area contributed by atoms with Gasteiger partial charge in [0.25, 0.3) is 0 Å². The van der Waals surface area contributed by atoms with Crippen LogP contribution in [-0.2, 0) is 4.79 Å². The first-order valence-corrected chi connectivity index (χ1v) is 7.05. The van der Waals surface area contributed by atoms with E-state index in [0.29, 0.717) is 17.9 Å². The van der Waals surface area contributed by atoms with Crippen LogP contribution < -0.4 is 5.73 Å². The molecule has 0 radical (unpaired) electrons. The summed E-state index contributed by atoms with van der Waals surface area (Å²) in [6.07, 6.45) is 7.53. The van der Waals surface area contributed by atoms with Crippen molar-refractivity contribution in [2.45, 2.75) is 70.4 Å². The van der Waals surface area contributed by atoms with Gasteiger partial charge in [0.1, 0.15) is 0 Å². The molecular formula is C14H26N2O. The highest BCUT2D eigenvalue weighted by molar-refractivity contribution is 5.77. The Labute approximate surface area is 105 Å². The van der Waals surface area contributed by atoms with E-state index in [1.54, 1.807) is 0 Å². The van der Waals surface area contributed by atoms with Crippen molar-refractivity contribution >= 4 is 5.91 Å². The van der Waals surface area contributed by atoms with Gasteiger partial charge in [-0.1, -0.05) is 0 Å². The summed E-state index contributed by atoms with van der Waals surface area (Å²) in [6.45, 7) is 5.33. The molecule has 17 heavy (non-hydrogen) atoms. The summed E-state index contributed by atoms with van der Waals surface area (Å²) in [4.78, 5) is 14.4. The van der Waals surface area contributed by atoms with Gasteiger partial charge in [-0.15, -0.1) is 0 Å². The van der Waals surface area contributed by atoms with Crippen molar-refractivity contribution < 1.29 is 4.79 Å². The first-order valence-electron chi connectivity index (χ1n) is 7.05. The quantitative estimate of drug-likeness (QED) is 0.802. The molecule has 2 fully saturated rings. The second-order valence-corrected chi connectivity index (χ2v) is 6.45. The van der Waals surface area contributed by atoms with Gasteiger partial charge < -0.3 is 10.6 Å². The summed E-state index contributed by atoms with van der Waals surface area (Å²) < 4.78 is 0. The number of hydrogen-bond donors (Lipinski definition) is 1. The molecule has 1 heterocycles. The van der Waals surface area contributed by atoms with Crippen LogP contribution in [0.3, 0.4) is 0 Å². The van der Waals surface area contributed by atoms with Crippen molar-refractivity contribution in [1.82, 2.24) is 4.90 Å². The van der Waals surface area contributed by atoms with Crippen molar-refractivity contribution in [1.29, 1.82) is 0 Å². The molecule has 2 aliphatic rings. The second-order valence-electron chi connectivity index (χ2n) is 6.45. The van der Waals surface area contributed by atoms with Crippen LogP contribution in [0.1, 0.15) is 58.8 Å². The summed E-state index contributed by atoms with van der Waals surface area (Å²) in [6, 6.07) is 0.379. The molecule has 1 aliphatic heterocycles. The Hall–Kier alpha value is -0.570. The van der Waals surface area contributed by atoms with E-state index >= 15 is 0 Å². The Morgan fingerprint density at radius 2 is 1.94 bits per heavy atom. The molecule has 0 aromatic rings. The van der Waals surface area contributed by atoms with Crippen LogP contribution in [0, 0.1) is 5.92 Å². The monoisotopic (exact) mass is 238 g/mol. The van der Waals surface area contributed by atoms with Gasteiger partial charge in [-0.05, 0) is 58.3 Å². The van der Waals surface area contributed by atoms with Crippen LogP contribution in [0.5, 0.6) is 0 Å². The molecule has 0 atom stereocenters. The van der Waals surface area contributed by atoms with Crippen molar-refractivity contribution in [3.63, 3.8) is 0 Å². The zero-order valence-corrected chi connectivity index (χ0v) is 11.2. The maximum absolute atomic E-state index is 12.3. The minimum Gasteiger partial charge on any atom is -0.338 e. The Morgan fingerprint density at radius 1 is 1.29 bits per heavy atom. The topological polar surface area (TPSA) is 46.3 Å². The predicted molar refractivity (Wildman–Crippen MR) is 69.6 cm³/mol. The van der Waals surface area contributed by atoms with Crippen LogP contribution in [-0.4, -0.2) is 28.9 Å². The summed E-state index contributed by atoms with van der Waals surface area (Å²) in [7, 11) is 0. The van der Waals surface area contributed by atoms with E-state index in [1.165, 1.54) is 0 Å². The molecule has 0 aromatic heterocycles. The zero-order chi connectivity index (χ0) is 12.5. The van der Waals surface area contributed by atoms with E-state index in [-0.39, 0.29) is 5.54 Å². The van der Waals surface area contributed by atoms with Gasteiger partial charge >= 0.3 is 0 Å². The standard InChI is InChI=1S/C14H26N2O/c1-14(2)8-3-9-16(14)13(17)10-11-4-6-12(15)7-5-11/h11-12H,3-10,15H2,1-2H3. The smallest absolute Gasteiger partial charge is 0.223 e. The maximum atomic E-state index is 12.3. The minimum atomic E-state index is 0.0855. The largest absolute Gasteiger partial charge is 0.338 e. The Bertz CT molecular complexity index is 280. The second kappa shape index (κ2) is 4.97. The zero-order valence-electron chi connectivity index (χ0n) is 11.2. The molecule has 0 unspecified atom stereocenters.